The third-order valence-corrected chi connectivity index (χ3v) is 5.55. The van der Waals surface area contributed by atoms with Crippen molar-refractivity contribution in [3.63, 3.8) is 0 Å². The molecule has 7 heteroatoms. The molecule has 1 N–H and O–H groups in total. The monoisotopic (exact) mass is 413 g/mol. The molecule has 0 spiro atoms. The molecule has 2 aromatic carbocycles. The molecule has 30 heavy (non-hydrogen) atoms. The van der Waals surface area contributed by atoms with Crippen LogP contribution in [0.15, 0.2) is 42.5 Å². The Hall–Kier alpha value is -2.48. The van der Waals surface area contributed by atoms with Gasteiger partial charge in [0.1, 0.15) is 5.82 Å². The molecular weight excluding hydrogens is 385 g/mol. The van der Waals surface area contributed by atoms with E-state index in [1.165, 1.54) is 17.2 Å². The van der Waals surface area contributed by atoms with Gasteiger partial charge in [-0.15, -0.1) is 0 Å². The van der Waals surface area contributed by atoms with Gasteiger partial charge in [0, 0.05) is 38.4 Å². The number of carbonyl (C=O) groups is 1. The minimum Gasteiger partial charge on any atom is -0.378 e. The second-order valence-corrected chi connectivity index (χ2v) is 7.79. The zero-order valence-corrected chi connectivity index (χ0v) is 17.2. The number of ether oxygens (including phenoxy) is 2. The summed E-state index contributed by atoms with van der Waals surface area (Å²) < 4.78 is 26.0. The predicted molar refractivity (Wildman–Crippen MR) is 114 cm³/mol. The van der Waals surface area contributed by atoms with Gasteiger partial charge < -0.3 is 24.6 Å². The number of halogens is 1. The number of nitrogens with zero attached hydrogens (tertiary/aromatic N) is 2. The first-order valence-corrected chi connectivity index (χ1v) is 10.4. The topological polar surface area (TPSA) is 54.0 Å². The van der Waals surface area contributed by atoms with Gasteiger partial charge in [-0.1, -0.05) is 29.8 Å². The Morgan fingerprint density at radius 2 is 2.03 bits per heavy atom. The van der Waals surface area contributed by atoms with Crippen LogP contribution in [-0.4, -0.2) is 58.0 Å². The summed E-state index contributed by atoms with van der Waals surface area (Å²) in [6.45, 7) is 6.50. The molecule has 2 aliphatic rings. The molecule has 2 fully saturated rings. The standard InChI is InChI=1S/C23H28FN3O3/c1-17-3-2-4-18(11-17)13-25-14-20-15-27(23(16-28)30-20)19-5-6-22(21(24)12-19)26-7-9-29-10-8-26/h2-6,11-12,16,20,23,25H,7-10,13-15H2,1H3/t20-,23?/m0/s1. The number of morpholine rings is 1. The highest BCUT2D eigenvalue weighted by Gasteiger charge is 2.33. The molecule has 160 valence electrons. The van der Waals surface area contributed by atoms with Crippen LogP contribution >= 0.6 is 0 Å². The summed E-state index contributed by atoms with van der Waals surface area (Å²) in [5.41, 5.74) is 3.66. The number of carbonyl (C=O) groups excluding carboxylic acids is 1. The van der Waals surface area contributed by atoms with Gasteiger partial charge in [0.2, 0.25) is 0 Å². The van der Waals surface area contributed by atoms with E-state index in [1.54, 1.807) is 6.07 Å². The molecule has 0 amide bonds. The quantitative estimate of drug-likeness (QED) is 0.704. The second kappa shape index (κ2) is 9.55. The Morgan fingerprint density at radius 3 is 2.77 bits per heavy atom. The molecule has 0 aromatic heterocycles. The van der Waals surface area contributed by atoms with Crippen LogP contribution < -0.4 is 15.1 Å². The highest BCUT2D eigenvalue weighted by atomic mass is 19.1. The van der Waals surface area contributed by atoms with Crippen molar-refractivity contribution in [2.45, 2.75) is 25.8 Å². The maximum absolute atomic E-state index is 14.8. The minimum atomic E-state index is -0.704. The van der Waals surface area contributed by atoms with Crippen LogP contribution in [0.4, 0.5) is 15.8 Å². The minimum absolute atomic E-state index is 0.146. The molecule has 2 aromatic rings. The number of hydrogen-bond acceptors (Lipinski definition) is 6. The van der Waals surface area contributed by atoms with Gasteiger partial charge in [-0.25, -0.2) is 4.39 Å². The lowest BCUT2D eigenvalue weighted by Crippen LogP contribution is -2.37. The molecule has 1 unspecified atom stereocenters. The molecule has 0 radical (unpaired) electrons. The van der Waals surface area contributed by atoms with Crippen LogP contribution in [0.2, 0.25) is 0 Å². The largest absolute Gasteiger partial charge is 0.378 e. The lowest BCUT2D eigenvalue weighted by molar-refractivity contribution is -0.117. The van der Waals surface area contributed by atoms with Gasteiger partial charge in [-0.05, 0) is 30.7 Å². The molecule has 2 aliphatic heterocycles. The first-order valence-electron chi connectivity index (χ1n) is 10.4. The van der Waals surface area contributed by atoms with E-state index in [1.807, 2.05) is 21.9 Å². The van der Waals surface area contributed by atoms with E-state index in [2.05, 4.69) is 30.4 Å². The van der Waals surface area contributed by atoms with E-state index in [4.69, 9.17) is 9.47 Å². The van der Waals surface area contributed by atoms with Gasteiger partial charge in [0.05, 0.1) is 25.0 Å². The van der Waals surface area contributed by atoms with E-state index in [9.17, 15) is 9.18 Å². The van der Waals surface area contributed by atoms with Gasteiger partial charge >= 0.3 is 0 Å². The van der Waals surface area contributed by atoms with E-state index in [0.29, 0.717) is 50.8 Å². The smallest absolute Gasteiger partial charge is 0.187 e. The summed E-state index contributed by atoms with van der Waals surface area (Å²) in [7, 11) is 0. The lowest BCUT2D eigenvalue weighted by Gasteiger charge is -2.30. The number of anilines is 2. The van der Waals surface area contributed by atoms with Crippen LogP contribution in [0.1, 0.15) is 11.1 Å². The molecule has 6 nitrogen and oxygen atoms in total. The van der Waals surface area contributed by atoms with Gasteiger partial charge in [-0.2, -0.15) is 0 Å². The first kappa shape index (κ1) is 20.8. The van der Waals surface area contributed by atoms with Crippen molar-refractivity contribution < 1.29 is 18.7 Å². The van der Waals surface area contributed by atoms with Crippen LogP contribution in [0.5, 0.6) is 0 Å². The van der Waals surface area contributed by atoms with Gasteiger partial charge in [0.15, 0.2) is 12.5 Å². The average molecular weight is 413 g/mol. The Bertz CT molecular complexity index is 873. The van der Waals surface area contributed by atoms with Crippen molar-refractivity contribution in [2.75, 3.05) is 49.2 Å². The Balaban J connectivity index is 1.37. The fourth-order valence-corrected chi connectivity index (χ4v) is 4.04. The fraction of sp³-hybridized carbons (Fsp3) is 0.435. The Labute approximate surface area is 176 Å². The molecule has 4 rings (SSSR count). The lowest BCUT2D eigenvalue weighted by atomic mass is 10.1. The first-order chi connectivity index (χ1) is 14.6. The molecule has 2 atom stereocenters. The van der Waals surface area contributed by atoms with E-state index in [-0.39, 0.29) is 11.9 Å². The number of nitrogens with one attached hydrogen (secondary N) is 1. The molecular formula is C23H28FN3O3. The van der Waals surface area contributed by atoms with Gasteiger partial charge in [0.25, 0.3) is 0 Å². The molecule has 0 bridgehead atoms. The number of aldehydes is 1. The summed E-state index contributed by atoms with van der Waals surface area (Å²) in [5.74, 6) is -0.292. The zero-order valence-electron chi connectivity index (χ0n) is 17.2. The summed E-state index contributed by atoms with van der Waals surface area (Å²) >= 11 is 0. The van der Waals surface area contributed by atoms with Gasteiger partial charge in [-0.3, -0.25) is 4.79 Å². The summed E-state index contributed by atoms with van der Waals surface area (Å²) in [4.78, 5) is 15.4. The number of benzene rings is 2. The Morgan fingerprint density at radius 1 is 1.20 bits per heavy atom. The molecule has 2 saturated heterocycles. The summed E-state index contributed by atoms with van der Waals surface area (Å²) in [5, 5.41) is 3.39. The molecule has 2 heterocycles. The van der Waals surface area contributed by atoms with Crippen LogP contribution in [0.3, 0.4) is 0 Å². The number of hydrogen-bond donors (Lipinski definition) is 1. The second-order valence-electron chi connectivity index (χ2n) is 7.79. The fourth-order valence-electron chi connectivity index (χ4n) is 4.04. The van der Waals surface area contributed by atoms with E-state index >= 15 is 0 Å². The third kappa shape index (κ3) is 4.80. The van der Waals surface area contributed by atoms with Crippen molar-refractivity contribution in [1.82, 2.24) is 5.32 Å². The highest BCUT2D eigenvalue weighted by molar-refractivity contribution is 5.67. The molecule has 0 saturated carbocycles. The maximum Gasteiger partial charge on any atom is 0.187 e. The van der Waals surface area contributed by atoms with Crippen molar-refractivity contribution in [3.8, 4) is 0 Å². The van der Waals surface area contributed by atoms with Crippen LogP contribution in [0, 0.1) is 12.7 Å². The maximum atomic E-state index is 14.8. The normalized spacial score (nSPS) is 21.8. The number of aryl methyl sites for hydroxylation is 1. The Kier molecular flexibility index (Phi) is 6.62. The van der Waals surface area contributed by atoms with Crippen molar-refractivity contribution >= 4 is 17.7 Å². The third-order valence-electron chi connectivity index (χ3n) is 5.55. The van der Waals surface area contributed by atoms with Crippen molar-refractivity contribution in [2.24, 2.45) is 0 Å². The predicted octanol–water partition coefficient (Wildman–Crippen LogP) is 2.49. The number of rotatable bonds is 7. The zero-order chi connectivity index (χ0) is 20.9. The highest BCUT2D eigenvalue weighted by Crippen LogP contribution is 2.29. The van der Waals surface area contributed by atoms with Crippen LogP contribution in [0.25, 0.3) is 0 Å². The van der Waals surface area contributed by atoms with Crippen molar-refractivity contribution in [1.29, 1.82) is 0 Å². The van der Waals surface area contributed by atoms with E-state index in [0.717, 1.165) is 12.8 Å². The summed E-state index contributed by atoms with van der Waals surface area (Å²) in [6, 6.07) is 13.5. The van der Waals surface area contributed by atoms with E-state index < -0.39 is 6.23 Å². The van der Waals surface area contributed by atoms with Crippen LogP contribution in [-0.2, 0) is 20.8 Å². The SMILES string of the molecule is Cc1cccc(CNC[C@H]2CN(c3ccc(N4CCOCC4)c(F)c3)C(C=O)O2)c1. The average Bonchev–Trinajstić information content (AvgIpc) is 3.17. The molecule has 0 aliphatic carbocycles. The van der Waals surface area contributed by atoms with Crippen molar-refractivity contribution in [3.05, 3.63) is 59.4 Å². The summed E-state index contributed by atoms with van der Waals surface area (Å²) in [6.07, 6.45) is -0.0784.